The zero-order valence-corrected chi connectivity index (χ0v) is 7.10. The standard InChI is InChI=1S/C6H5ClN2O.ClH/c7-1-6(10)5-2-8-4-9-3-5;/h2-4H,1H2;1H. The third-order valence-electron chi connectivity index (χ3n) is 1.00. The molecule has 0 spiro atoms. The quantitative estimate of drug-likeness (QED) is 0.525. The van der Waals surface area contributed by atoms with E-state index in [-0.39, 0.29) is 24.1 Å². The Morgan fingerprint density at radius 1 is 1.45 bits per heavy atom. The van der Waals surface area contributed by atoms with Crippen LogP contribution in [0.4, 0.5) is 0 Å². The fourth-order valence-corrected chi connectivity index (χ4v) is 0.675. The van der Waals surface area contributed by atoms with Crippen molar-refractivity contribution in [1.29, 1.82) is 0 Å². The molecule has 1 heterocycles. The number of ketones is 1. The molecular formula is C6H6Cl2N2O. The molecule has 1 aromatic heterocycles. The first-order valence-corrected chi connectivity index (χ1v) is 3.22. The number of aromatic nitrogens is 2. The highest BCUT2D eigenvalue weighted by molar-refractivity contribution is 6.30. The maximum absolute atomic E-state index is 10.8. The summed E-state index contributed by atoms with van der Waals surface area (Å²) in [7, 11) is 0. The third-order valence-corrected chi connectivity index (χ3v) is 1.25. The number of hydrogen-bond donors (Lipinski definition) is 0. The van der Waals surface area contributed by atoms with Gasteiger partial charge in [-0.25, -0.2) is 9.97 Å². The molecule has 1 aromatic rings. The molecule has 1 rings (SSSR count). The highest BCUT2D eigenvalue weighted by Gasteiger charge is 2.01. The lowest BCUT2D eigenvalue weighted by atomic mass is 10.2. The van der Waals surface area contributed by atoms with Gasteiger partial charge in [0.15, 0.2) is 5.78 Å². The van der Waals surface area contributed by atoms with E-state index in [9.17, 15) is 4.79 Å². The summed E-state index contributed by atoms with van der Waals surface area (Å²) >= 11 is 5.28. The molecule has 0 radical (unpaired) electrons. The molecule has 0 bridgehead atoms. The van der Waals surface area contributed by atoms with Gasteiger partial charge < -0.3 is 0 Å². The van der Waals surface area contributed by atoms with Gasteiger partial charge in [-0.05, 0) is 0 Å². The number of halogens is 2. The molecule has 0 aromatic carbocycles. The van der Waals surface area contributed by atoms with Gasteiger partial charge in [-0.1, -0.05) is 0 Å². The summed E-state index contributed by atoms with van der Waals surface area (Å²) in [6, 6.07) is 0. The second-order valence-corrected chi connectivity index (χ2v) is 1.95. The predicted molar refractivity (Wildman–Crippen MR) is 44.3 cm³/mol. The van der Waals surface area contributed by atoms with Gasteiger partial charge in [0, 0.05) is 12.4 Å². The van der Waals surface area contributed by atoms with Crippen molar-refractivity contribution in [2.75, 3.05) is 5.88 Å². The lowest BCUT2D eigenvalue weighted by Crippen LogP contribution is -2.00. The van der Waals surface area contributed by atoms with E-state index in [4.69, 9.17) is 11.6 Å². The van der Waals surface area contributed by atoms with Crippen molar-refractivity contribution in [3.05, 3.63) is 24.3 Å². The molecular weight excluding hydrogens is 187 g/mol. The van der Waals surface area contributed by atoms with Crippen LogP contribution in [-0.2, 0) is 0 Å². The van der Waals surface area contributed by atoms with E-state index in [2.05, 4.69) is 9.97 Å². The highest BCUT2D eigenvalue weighted by atomic mass is 35.5. The van der Waals surface area contributed by atoms with Crippen molar-refractivity contribution < 1.29 is 4.79 Å². The average molecular weight is 193 g/mol. The molecule has 0 N–H and O–H groups in total. The second-order valence-electron chi connectivity index (χ2n) is 1.68. The first-order valence-electron chi connectivity index (χ1n) is 2.69. The number of nitrogens with zero attached hydrogens (tertiary/aromatic N) is 2. The summed E-state index contributed by atoms with van der Waals surface area (Å²) in [4.78, 5) is 18.1. The minimum atomic E-state index is -0.151. The monoisotopic (exact) mass is 192 g/mol. The fraction of sp³-hybridized carbons (Fsp3) is 0.167. The summed E-state index contributed by atoms with van der Waals surface area (Å²) in [6.45, 7) is 0. The number of alkyl halides is 1. The van der Waals surface area contributed by atoms with Crippen molar-refractivity contribution in [3.63, 3.8) is 0 Å². The van der Waals surface area contributed by atoms with Crippen molar-refractivity contribution in [3.8, 4) is 0 Å². The van der Waals surface area contributed by atoms with Crippen LogP contribution in [0.5, 0.6) is 0 Å². The number of hydrogen-bond acceptors (Lipinski definition) is 3. The SMILES string of the molecule is Cl.O=C(CCl)c1cncnc1. The molecule has 11 heavy (non-hydrogen) atoms. The van der Waals surface area contributed by atoms with Gasteiger partial charge in [-0.3, -0.25) is 4.79 Å². The summed E-state index contributed by atoms with van der Waals surface area (Å²) in [5, 5.41) is 0. The van der Waals surface area contributed by atoms with Gasteiger partial charge in [-0.2, -0.15) is 0 Å². The number of rotatable bonds is 2. The first-order chi connectivity index (χ1) is 4.84. The first kappa shape index (κ1) is 10.3. The Morgan fingerprint density at radius 2 is 2.00 bits per heavy atom. The molecule has 5 heteroatoms. The van der Waals surface area contributed by atoms with Crippen LogP contribution in [0.25, 0.3) is 0 Å². The molecule has 0 aliphatic heterocycles. The molecule has 0 fully saturated rings. The Hall–Kier alpha value is -0.670. The smallest absolute Gasteiger partial charge is 0.180 e. The maximum atomic E-state index is 10.8. The Bertz CT molecular complexity index is 227. The van der Waals surface area contributed by atoms with Gasteiger partial charge in [0.05, 0.1) is 11.4 Å². The largest absolute Gasteiger partial charge is 0.293 e. The van der Waals surface area contributed by atoms with Crippen LogP contribution in [0.15, 0.2) is 18.7 Å². The zero-order valence-electron chi connectivity index (χ0n) is 5.53. The molecule has 3 nitrogen and oxygen atoms in total. The van der Waals surface area contributed by atoms with E-state index in [1.807, 2.05) is 0 Å². The van der Waals surface area contributed by atoms with Crippen LogP contribution < -0.4 is 0 Å². The van der Waals surface area contributed by atoms with Crippen LogP contribution in [0, 0.1) is 0 Å². The second kappa shape index (κ2) is 5.04. The van der Waals surface area contributed by atoms with Gasteiger partial charge in [-0.15, -0.1) is 24.0 Å². The normalized spacial score (nSPS) is 8.45. The van der Waals surface area contributed by atoms with Crippen LogP contribution in [0.1, 0.15) is 10.4 Å². The van der Waals surface area contributed by atoms with Gasteiger partial charge in [0.1, 0.15) is 6.33 Å². The predicted octanol–water partition coefficient (Wildman–Crippen LogP) is 1.32. The molecule has 0 amide bonds. The fourth-order valence-electron chi connectivity index (χ4n) is 0.520. The Morgan fingerprint density at radius 3 is 2.45 bits per heavy atom. The zero-order chi connectivity index (χ0) is 7.40. The van der Waals surface area contributed by atoms with Crippen molar-refractivity contribution >= 4 is 29.8 Å². The van der Waals surface area contributed by atoms with Crippen molar-refractivity contribution in [1.82, 2.24) is 9.97 Å². The highest BCUT2D eigenvalue weighted by Crippen LogP contribution is 1.95. The van der Waals surface area contributed by atoms with E-state index in [1.165, 1.54) is 18.7 Å². The molecule has 60 valence electrons. The summed E-state index contributed by atoms with van der Waals surface area (Å²) in [5.74, 6) is -0.171. The summed E-state index contributed by atoms with van der Waals surface area (Å²) < 4.78 is 0. The molecule has 0 unspecified atom stereocenters. The van der Waals surface area contributed by atoms with Crippen LogP contribution in [0.2, 0.25) is 0 Å². The topological polar surface area (TPSA) is 42.9 Å². The minimum absolute atomic E-state index is 0. The number of carbonyl (C=O) groups excluding carboxylic acids is 1. The summed E-state index contributed by atoms with van der Waals surface area (Å²) in [5.41, 5.74) is 0.456. The average Bonchev–Trinajstić information content (AvgIpc) is 2.05. The molecule has 0 aliphatic carbocycles. The van der Waals surface area contributed by atoms with E-state index in [0.717, 1.165) is 0 Å². The van der Waals surface area contributed by atoms with Crippen LogP contribution in [0.3, 0.4) is 0 Å². The molecule has 0 saturated carbocycles. The Labute approximate surface area is 75.2 Å². The van der Waals surface area contributed by atoms with Crippen molar-refractivity contribution in [2.24, 2.45) is 0 Å². The van der Waals surface area contributed by atoms with Crippen molar-refractivity contribution in [2.45, 2.75) is 0 Å². The van der Waals surface area contributed by atoms with Gasteiger partial charge in [0.25, 0.3) is 0 Å². The van der Waals surface area contributed by atoms with E-state index in [1.54, 1.807) is 0 Å². The van der Waals surface area contributed by atoms with Gasteiger partial charge >= 0.3 is 0 Å². The Kier molecular flexibility index (Phi) is 4.74. The number of Topliss-reactive ketones (excluding diaryl/α,β-unsaturated/α-hetero) is 1. The maximum Gasteiger partial charge on any atom is 0.180 e. The van der Waals surface area contributed by atoms with Crippen LogP contribution >= 0.6 is 24.0 Å². The minimum Gasteiger partial charge on any atom is -0.293 e. The molecule has 0 aliphatic rings. The lowest BCUT2D eigenvalue weighted by molar-refractivity contribution is 0.102. The van der Waals surface area contributed by atoms with E-state index < -0.39 is 0 Å². The Balaban J connectivity index is 0.000001000. The third kappa shape index (κ3) is 2.82. The lowest BCUT2D eigenvalue weighted by Gasteiger charge is -1.91. The van der Waals surface area contributed by atoms with E-state index in [0.29, 0.717) is 5.56 Å². The molecule has 0 saturated heterocycles. The summed E-state index contributed by atoms with van der Waals surface area (Å²) in [6.07, 6.45) is 4.25. The van der Waals surface area contributed by atoms with Gasteiger partial charge in [0.2, 0.25) is 0 Å². The number of carbonyl (C=O) groups is 1. The molecule has 0 atom stereocenters. The van der Waals surface area contributed by atoms with E-state index >= 15 is 0 Å². The van der Waals surface area contributed by atoms with Crippen LogP contribution in [-0.4, -0.2) is 21.6 Å².